The van der Waals surface area contributed by atoms with Gasteiger partial charge in [-0.2, -0.15) is 0 Å². The summed E-state index contributed by atoms with van der Waals surface area (Å²) in [6, 6.07) is 0. The van der Waals surface area contributed by atoms with E-state index in [1.807, 2.05) is 0 Å². The fraction of sp³-hybridized carbons (Fsp3) is 0.769. The monoisotopic (exact) mass is 256 g/mol. The van der Waals surface area contributed by atoms with Gasteiger partial charge in [0.1, 0.15) is 0 Å². The number of nitrogens with one attached hydrogen (secondary N) is 1. The standard InChI is InChI=1S/C13H24N2O3/c1-4-15-6-7-18-12(10-15)9-14-8-11(3)13(16)17-5-2/h12,14H,3-10H2,1-2H3. The van der Waals surface area contributed by atoms with Crippen LogP contribution in [0.1, 0.15) is 13.8 Å². The smallest absolute Gasteiger partial charge is 0.334 e. The Morgan fingerprint density at radius 2 is 2.33 bits per heavy atom. The third-order valence-electron chi connectivity index (χ3n) is 2.94. The summed E-state index contributed by atoms with van der Waals surface area (Å²) in [5.41, 5.74) is 0.458. The number of hydrogen-bond acceptors (Lipinski definition) is 5. The highest BCUT2D eigenvalue weighted by molar-refractivity contribution is 5.88. The largest absolute Gasteiger partial charge is 0.463 e. The van der Waals surface area contributed by atoms with E-state index in [-0.39, 0.29) is 12.1 Å². The lowest BCUT2D eigenvalue weighted by atomic mass is 10.2. The molecule has 1 saturated heterocycles. The molecule has 1 atom stereocenters. The molecule has 0 amide bonds. The van der Waals surface area contributed by atoms with Crippen molar-refractivity contribution >= 4 is 5.97 Å². The molecule has 0 spiro atoms. The van der Waals surface area contributed by atoms with Crippen molar-refractivity contribution in [3.8, 4) is 0 Å². The zero-order valence-corrected chi connectivity index (χ0v) is 11.4. The highest BCUT2D eigenvalue weighted by atomic mass is 16.5. The topological polar surface area (TPSA) is 50.8 Å². The average molecular weight is 256 g/mol. The molecule has 1 fully saturated rings. The third-order valence-corrected chi connectivity index (χ3v) is 2.94. The number of carbonyl (C=O) groups excluding carboxylic acids is 1. The normalized spacial score (nSPS) is 20.7. The van der Waals surface area contributed by atoms with Crippen LogP contribution in [0, 0.1) is 0 Å². The molecule has 104 valence electrons. The predicted molar refractivity (Wildman–Crippen MR) is 70.5 cm³/mol. The summed E-state index contributed by atoms with van der Waals surface area (Å²) in [6.07, 6.45) is 0.189. The SMILES string of the molecule is C=C(CNCC1CN(CC)CCO1)C(=O)OCC. The lowest BCUT2D eigenvalue weighted by molar-refractivity contribution is -0.138. The first-order chi connectivity index (χ1) is 8.67. The molecule has 1 N–H and O–H groups in total. The Labute approximate surface area is 109 Å². The van der Waals surface area contributed by atoms with Crippen molar-refractivity contribution in [1.29, 1.82) is 0 Å². The highest BCUT2D eigenvalue weighted by Gasteiger charge is 2.19. The van der Waals surface area contributed by atoms with Gasteiger partial charge in [0.15, 0.2) is 0 Å². The summed E-state index contributed by atoms with van der Waals surface area (Å²) in [5.74, 6) is -0.329. The Hall–Kier alpha value is -0.910. The van der Waals surface area contributed by atoms with Gasteiger partial charge in [-0.15, -0.1) is 0 Å². The van der Waals surface area contributed by atoms with Crippen molar-refractivity contribution in [1.82, 2.24) is 10.2 Å². The van der Waals surface area contributed by atoms with Gasteiger partial charge in [0, 0.05) is 31.8 Å². The van der Waals surface area contributed by atoms with Gasteiger partial charge in [0.25, 0.3) is 0 Å². The van der Waals surface area contributed by atoms with Crippen LogP contribution in [0.25, 0.3) is 0 Å². The van der Waals surface area contributed by atoms with Gasteiger partial charge in [0.05, 0.1) is 19.3 Å². The van der Waals surface area contributed by atoms with Crippen LogP contribution in [0.2, 0.25) is 0 Å². The van der Waals surface area contributed by atoms with E-state index >= 15 is 0 Å². The maximum absolute atomic E-state index is 11.3. The van der Waals surface area contributed by atoms with Crippen molar-refractivity contribution in [3.05, 3.63) is 12.2 Å². The minimum absolute atomic E-state index is 0.189. The van der Waals surface area contributed by atoms with Crippen LogP contribution in [-0.4, -0.2) is 62.9 Å². The number of esters is 1. The number of ether oxygens (including phenoxy) is 2. The summed E-state index contributed by atoms with van der Waals surface area (Å²) >= 11 is 0. The second kappa shape index (κ2) is 8.24. The lowest BCUT2D eigenvalue weighted by Crippen LogP contribution is -2.46. The molecule has 0 aliphatic carbocycles. The van der Waals surface area contributed by atoms with E-state index in [0.717, 1.165) is 32.8 Å². The van der Waals surface area contributed by atoms with Crippen molar-refractivity contribution in [2.75, 3.05) is 45.9 Å². The van der Waals surface area contributed by atoms with E-state index in [4.69, 9.17) is 9.47 Å². The molecule has 5 nitrogen and oxygen atoms in total. The zero-order chi connectivity index (χ0) is 13.4. The van der Waals surface area contributed by atoms with Crippen LogP contribution in [0.15, 0.2) is 12.2 Å². The number of hydrogen-bond donors (Lipinski definition) is 1. The number of rotatable bonds is 7. The van der Waals surface area contributed by atoms with Crippen LogP contribution in [0.3, 0.4) is 0 Å². The summed E-state index contributed by atoms with van der Waals surface area (Å²) < 4.78 is 10.5. The van der Waals surface area contributed by atoms with Crippen LogP contribution in [0.4, 0.5) is 0 Å². The van der Waals surface area contributed by atoms with Gasteiger partial charge in [-0.05, 0) is 13.5 Å². The molecule has 0 aromatic rings. The molecule has 1 rings (SSSR count). The maximum atomic E-state index is 11.3. The molecule has 5 heteroatoms. The fourth-order valence-corrected chi connectivity index (χ4v) is 1.88. The number of carbonyl (C=O) groups is 1. The molecular weight excluding hydrogens is 232 g/mol. The number of morpholine rings is 1. The van der Waals surface area contributed by atoms with Gasteiger partial charge in [0.2, 0.25) is 0 Å². The van der Waals surface area contributed by atoms with E-state index < -0.39 is 0 Å². The van der Waals surface area contributed by atoms with Gasteiger partial charge >= 0.3 is 5.97 Å². The first-order valence-electron chi connectivity index (χ1n) is 6.56. The second-order valence-corrected chi connectivity index (χ2v) is 4.34. The van der Waals surface area contributed by atoms with Gasteiger partial charge in [-0.3, -0.25) is 4.90 Å². The van der Waals surface area contributed by atoms with E-state index in [2.05, 4.69) is 23.7 Å². The minimum Gasteiger partial charge on any atom is -0.463 e. The van der Waals surface area contributed by atoms with Crippen molar-refractivity contribution in [2.45, 2.75) is 20.0 Å². The van der Waals surface area contributed by atoms with Crippen LogP contribution >= 0.6 is 0 Å². The lowest BCUT2D eigenvalue weighted by Gasteiger charge is -2.32. The number of likely N-dealkylation sites (N-methyl/N-ethyl adjacent to an activating group) is 1. The molecule has 1 aliphatic heterocycles. The van der Waals surface area contributed by atoms with Gasteiger partial charge in [-0.1, -0.05) is 13.5 Å². The molecule has 0 aromatic carbocycles. The van der Waals surface area contributed by atoms with E-state index in [1.165, 1.54) is 0 Å². The summed E-state index contributed by atoms with van der Waals surface area (Å²) in [4.78, 5) is 13.7. The average Bonchev–Trinajstić information content (AvgIpc) is 2.39. The molecule has 1 aliphatic rings. The van der Waals surface area contributed by atoms with Crippen LogP contribution in [0.5, 0.6) is 0 Å². The first-order valence-corrected chi connectivity index (χ1v) is 6.56. The Kier molecular flexibility index (Phi) is 6.93. The number of nitrogens with zero attached hydrogens (tertiary/aromatic N) is 1. The molecular formula is C13H24N2O3. The molecule has 18 heavy (non-hydrogen) atoms. The Morgan fingerprint density at radius 1 is 1.56 bits per heavy atom. The van der Waals surface area contributed by atoms with E-state index in [9.17, 15) is 4.79 Å². The summed E-state index contributed by atoms with van der Waals surface area (Å²) in [6.45, 7) is 13.0. The van der Waals surface area contributed by atoms with Gasteiger partial charge < -0.3 is 14.8 Å². The molecule has 0 aromatic heterocycles. The third kappa shape index (κ3) is 5.16. The second-order valence-electron chi connectivity index (χ2n) is 4.34. The predicted octanol–water partition coefficient (Wildman–Crippen LogP) is 0.416. The Bertz CT molecular complexity index is 281. The molecule has 1 unspecified atom stereocenters. The van der Waals surface area contributed by atoms with Crippen molar-refractivity contribution < 1.29 is 14.3 Å². The highest BCUT2D eigenvalue weighted by Crippen LogP contribution is 2.03. The maximum Gasteiger partial charge on any atom is 0.334 e. The van der Waals surface area contributed by atoms with E-state index in [1.54, 1.807) is 6.92 Å². The minimum atomic E-state index is -0.329. The van der Waals surface area contributed by atoms with Crippen molar-refractivity contribution in [2.24, 2.45) is 0 Å². The van der Waals surface area contributed by atoms with Crippen LogP contribution < -0.4 is 5.32 Å². The summed E-state index contributed by atoms with van der Waals surface area (Å²) in [5, 5.41) is 3.19. The zero-order valence-electron chi connectivity index (χ0n) is 11.4. The quantitative estimate of drug-likeness (QED) is 0.528. The molecule has 1 heterocycles. The van der Waals surface area contributed by atoms with Crippen LogP contribution in [-0.2, 0) is 14.3 Å². The van der Waals surface area contributed by atoms with Gasteiger partial charge in [-0.25, -0.2) is 4.79 Å². The molecule has 0 bridgehead atoms. The fourth-order valence-electron chi connectivity index (χ4n) is 1.88. The van der Waals surface area contributed by atoms with Crippen molar-refractivity contribution in [3.63, 3.8) is 0 Å². The molecule has 0 radical (unpaired) electrons. The summed E-state index contributed by atoms with van der Waals surface area (Å²) in [7, 11) is 0. The van der Waals surface area contributed by atoms with E-state index in [0.29, 0.717) is 18.7 Å². The Balaban J connectivity index is 2.17. The Morgan fingerprint density at radius 3 is 3.00 bits per heavy atom. The molecule has 0 saturated carbocycles. The first kappa shape index (κ1) is 15.1.